The molecule has 0 bridgehead atoms. The molecule has 1 aliphatic heterocycles. The van der Waals surface area contributed by atoms with Crippen LogP contribution in [-0.4, -0.2) is 22.2 Å². The Morgan fingerprint density at radius 2 is 1.91 bits per heavy atom. The van der Waals surface area contributed by atoms with Crippen molar-refractivity contribution >= 4 is 11.0 Å². The molecule has 1 N–H and O–H groups in total. The van der Waals surface area contributed by atoms with Crippen LogP contribution in [0.15, 0.2) is 54.6 Å². The molecule has 1 aromatic heterocycles. The SMILES string of the molecule is Cn1c(CN[C@H]2CCO[C@@H]2c2ccccc2)nc2ccccc21. The Kier molecular flexibility index (Phi) is 3.85. The van der Waals surface area contributed by atoms with Gasteiger partial charge in [-0.05, 0) is 24.1 Å². The lowest BCUT2D eigenvalue weighted by Crippen LogP contribution is -2.32. The zero-order valence-electron chi connectivity index (χ0n) is 13.3. The molecule has 0 unspecified atom stereocenters. The van der Waals surface area contributed by atoms with Gasteiger partial charge in [-0.3, -0.25) is 0 Å². The van der Waals surface area contributed by atoms with Crippen molar-refractivity contribution < 1.29 is 4.74 Å². The van der Waals surface area contributed by atoms with E-state index in [4.69, 9.17) is 9.72 Å². The van der Waals surface area contributed by atoms with Crippen molar-refractivity contribution in [2.45, 2.75) is 25.1 Å². The second kappa shape index (κ2) is 6.14. The van der Waals surface area contributed by atoms with Crippen molar-refractivity contribution in [3.05, 3.63) is 66.0 Å². The first kappa shape index (κ1) is 14.4. The highest BCUT2D eigenvalue weighted by molar-refractivity contribution is 5.75. The van der Waals surface area contributed by atoms with Gasteiger partial charge in [0, 0.05) is 19.7 Å². The summed E-state index contributed by atoms with van der Waals surface area (Å²) < 4.78 is 8.10. The minimum atomic E-state index is 0.130. The highest BCUT2D eigenvalue weighted by atomic mass is 16.5. The summed E-state index contributed by atoms with van der Waals surface area (Å²) in [7, 11) is 2.08. The standard InChI is InChI=1S/C19H21N3O/c1-22-17-10-6-5-9-15(17)21-18(22)13-20-16-11-12-23-19(16)14-7-3-2-4-8-14/h2-10,16,19-20H,11-13H2,1H3/t16-,19+/m0/s1. The average molecular weight is 307 g/mol. The number of ether oxygens (including phenoxy) is 1. The number of hydrogen-bond donors (Lipinski definition) is 1. The van der Waals surface area contributed by atoms with Gasteiger partial charge in [0.2, 0.25) is 0 Å². The summed E-state index contributed by atoms with van der Waals surface area (Å²) in [6.45, 7) is 1.56. The number of benzene rings is 2. The Morgan fingerprint density at radius 1 is 1.13 bits per heavy atom. The molecule has 0 amide bonds. The van der Waals surface area contributed by atoms with Crippen LogP contribution in [0.3, 0.4) is 0 Å². The summed E-state index contributed by atoms with van der Waals surface area (Å²) in [4.78, 5) is 4.73. The molecule has 118 valence electrons. The number of aryl methyl sites for hydroxylation is 1. The molecule has 0 saturated carbocycles. The zero-order chi connectivity index (χ0) is 15.6. The quantitative estimate of drug-likeness (QED) is 0.804. The van der Waals surface area contributed by atoms with Gasteiger partial charge in [0.05, 0.1) is 23.7 Å². The largest absolute Gasteiger partial charge is 0.372 e. The fourth-order valence-electron chi connectivity index (χ4n) is 3.35. The van der Waals surface area contributed by atoms with Gasteiger partial charge in [0.1, 0.15) is 5.82 Å². The van der Waals surface area contributed by atoms with E-state index in [2.05, 4.69) is 59.4 Å². The predicted octanol–water partition coefficient (Wildman–Crippen LogP) is 3.19. The van der Waals surface area contributed by atoms with E-state index in [1.54, 1.807) is 0 Å². The van der Waals surface area contributed by atoms with E-state index in [-0.39, 0.29) is 6.10 Å². The second-order valence-corrected chi connectivity index (χ2v) is 6.05. The maximum Gasteiger partial charge on any atom is 0.123 e. The molecular formula is C19H21N3O. The number of fused-ring (bicyclic) bond motifs is 1. The summed E-state index contributed by atoms with van der Waals surface area (Å²) in [6.07, 6.45) is 1.16. The van der Waals surface area contributed by atoms with E-state index in [0.29, 0.717) is 6.04 Å². The van der Waals surface area contributed by atoms with E-state index >= 15 is 0 Å². The van der Waals surface area contributed by atoms with Gasteiger partial charge in [-0.25, -0.2) is 4.98 Å². The molecule has 2 aromatic carbocycles. The van der Waals surface area contributed by atoms with Crippen LogP contribution >= 0.6 is 0 Å². The Balaban J connectivity index is 1.50. The summed E-state index contributed by atoms with van der Waals surface area (Å²) in [6, 6.07) is 19.0. The van der Waals surface area contributed by atoms with Crippen molar-refractivity contribution in [2.75, 3.05) is 6.61 Å². The Bertz CT molecular complexity index is 797. The zero-order valence-corrected chi connectivity index (χ0v) is 13.3. The Morgan fingerprint density at radius 3 is 2.74 bits per heavy atom. The third-order valence-corrected chi connectivity index (χ3v) is 4.62. The number of imidazole rings is 1. The van der Waals surface area contributed by atoms with Crippen LogP contribution in [0, 0.1) is 0 Å². The minimum absolute atomic E-state index is 0.130. The Labute approximate surface area is 136 Å². The fraction of sp³-hybridized carbons (Fsp3) is 0.316. The molecule has 1 saturated heterocycles. The molecule has 23 heavy (non-hydrogen) atoms. The van der Waals surface area contributed by atoms with Crippen LogP contribution in [-0.2, 0) is 18.3 Å². The van der Waals surface area contributed by atoms with Gasteiger partial charge in [-0.15, -0.1) is 0 Å². The van der Waals surface area contributed by atoms with E-state index in [1.165, 1.54) is 11.1 Å². The van der Waals surface area contributed by atoms with Crippen molar-refractivity contribution in [3.63, 3.8) is 0 Å². The Hall–Kier alpha value is -2.17. The van der Waals surface area contributed by atoms with Gasteiger partial charge in [0.25, 0.3) is 0 Å². The molecule has 4 rings (SSSR count). The first-order valence-corrected chi connectivity index (χ1v) is 8.13. The lowest BCUT2D eigenvalue weighted by atomic mass is 10.0. The topological polar surface area (TPSA) is 39.1 Å². The third kappa shape index (κ3) is 2.76. The molecule has 4 heteroatoms. The van der Waals surface area contributed by atoms with Gasteiger partial charge in [-0.1, -0.05) is 42.5 Å². The van der Waals surface area contributed by atoms with E-state index in [0.717, 1.165) is 30.9 Å². The maximum atomic E-state index is 5.94. The number of hydrogen-bond acceptors (Lipinski definition) is 3. The first-order valence-electron chi connectivity index (χ1n) is 8.13. The fourth-order valence-corrected chi connectivity index (χ4v) is 3.35. The third-order valence-electron chi connectivity index (χ3n) is 4.62. The lowest BCUT2D eigenvalue weighted by Gasteiger charge is -2.20. The van der Waals surface area contributed by atoms with Crippen LogP contribution in [0.5, 0.6) is 0 Å². The predicted molar refractivity (Wildman–Crippen MR) is 91.1 cm³/mol. The van der Waals surface area contributed by atoms with Crippen LogP contribution in [0.25, 0.3) is 11.0 Å². The first-order chi connectivity index (χ1) is 11.3. The van der Waals surface area contributed by atoms with E-state index in [1.807, 2.05) is 12.1 Å². The number of para-hydroxylation sites is 2. The molecular weight excluding hydrogens is 286 g/mol. The monoisotopic (exact) mass is 307 g/mol. The highest BCUT2D eigenvalue weighted by Gasteiger charge is 2.29. The summed E-state index contributed by atoms with van der Waals surface area (Å²) in [5, 5.41) is 3.64. The van der Waals surface area contributed by atoms with Crippen molar-refractivity contribution in [1.82, 2.24) is 14.9 Å². The number of aromatic nitrogens is 2. The summed E-state index contributed by atoms with van der Waals surface area (Å²) in [5.74, 6) is 1.06. The smallest absolute Gasteiger partial charge is 0.123 e. The van der Waals surface area contributed by atoms with Gasteiger partial charge >= 0.3 is 0 Å². The van der Waals surface area contributed by atoms with Crippen LogP contribution < -0.4 is 5.32 Å². The molecule has 1 fully saturated rings. The van der Waals surface area contributed by atoms with Gasteiger partial charge in [0.15, 0.2) is 0 Å². The number of rotatable bonds is 4. The second-order valence-electron chi connectivity index (χ2n) is 6.05. The van der Waals surface area contributed by atoms with Gasteiger partial charge < -0.3 is 14.6 Å². The molecule has 0 radical (unpaired) electrons. The molecule has 2 heterocycles. The van der Waals surface area contributed by atoms with Crippen molar-refractivity contribution in [2.24, 2.45) is 7.05 Å². The molecule has 0 spiro atoms. The molecule has 0 aliphatic carbocycles. The maximum absolute atomic E-state index is 5.94. The van der Waals surface area contributed by atoms with Gasteiger partial charge in [-0.2, -0.15) is 0 Å². The normalized spacial score (nSPS) is 21.1. The summed E-state index contributed by atoms with van der Waals surface area (Å²) in [5.41, 5.74) is 3.47. The van der Waals surface area contributed by atoms with Crippen molar-refractivity contribution in [3.8, 4) is 0 Å². The minimum Gasteiger partial charge on any atom is -0.372 e. The molecule has 2 atom stereocenters. The van der Waals surface area contributed by atoms with Crippen LogP contribution in [0.4, 0.5) is 0 Å². The lowest BCUT2D eigenvalue weighted by molar-refractivity contribution is 0.0983. The summed E-state index contributed by atoms with van der Waals surface area (Å²) >= 11 is 0. The van der Waals surface area contributed by atoms with E-state index < -0.39 is 0 Å². The average Bonchev–Trinajstić information content (AvgIpc) is 3.19. The van der Waals surface area contributed by atoms with Crippen LogP contribution in [0.1, 0.15) is 23.9 Å². The number of nitrogens with zero attached hydrogens (tertiary/aromatic N) is 2. The molecule has 4 nitrogen and oxygen atoms in total. The molecule has 1 aliphatic rings. The number of nitrogens with one attached hydrogen (secondary N) is 1. The van der Waals surface area contributed by atoms with Crippen molar-refractivity contribution in [1.29, 1.82) is 0 Å². The highest BCUT2D eigenvalue weighted by Crippen LogP contribution is 2.29. The molecule has 3 aromatic rings. The van der Waals surface area contributed by atoms with Crippen LogP contribution in [0.2, 0.25) is 0 Å². The van der Waals surface area contributed by atoms with E-state index in [9.17, 15) is 0 Å².